The summed E-state index contributed by atoms with van der Waals surface area (Å²) in [5.41, 5.74) is 3.92. The molecular weight excluding hydrogens is 298 g/mol. The summed E-state index contributed by atoms with van der Waals surface area (Å²) in [7, 11) is 0. The number of hydrogen-bond acceptors (Lipinski definition) is 2. The lowest BCUT2D eigenvalue weighted by Crippen LogP contribution is -2.32. The molecular formula is C21H25NO2. The van der Waals surface area contributed by atoms with E-state index < -0.39 is 0 Å². The number of benzene rings is 2. The van der Waals surface area contributed by atoms with E-state index >= 15 is 0 Å². The Morgan fingerprint density at radius 2 is 1.83 bits per heavy atom. The number of rotatable bonds is 6. The van der Waals surface area contributed by atoms with Crippen LogP contribution in [0.1, 0.15) is 48.9 Å². The number of carbonyl (C=O) groups excluding carboxylic acids is 1. The Labute approximate surface area is 144 Å². The van der Waals surface area contributed by atoms with Gasteiger partial charge >= 0.3 is 0 Å². The molecule has 1 aliphatic rings. The summed E-state index contributed by atoms with van der Waals surface area (Å²) < 4.78 is 5.70. The average molecular weight is 323 g/mol. The van der Waals surface area contributed by atoms with Gasteiger partial charge in [0.15, 0.2) is 6.61 Å². The van der Waals surface area contributed by atoms with Gasteiger partial charge in [-0.25, -0.2) is 0 Å². The van der Waals surface area contributed by atoms with Crippen LogP contribution in [-0.4, -0.2) is 12.5 Å². The van der Waals surface area contributed by atoms with Gasteiger partial charge in [-0.15, -0.1) is 0 Å². The fraction of sp³-hybridized carbons (Fsp3) is 0.381. The van der Waals surface area contributed by atoms with Crippen molar-refractivity contribution in [2.45, 2.75) is 45.1 Å². The molecule has 0 radical (unpaired) electrons. The second-order valence-electron chi connectivity index (χ2n) is 6.37. The molecule has 2 aromatic carbocycles. The molecule has 24 heavy (non-hydrogen) atoms. The van der Waals surface area contributed by atoms with E-state index in [4.69, 9.17) is 4.74 Å². The van der Waals surface area contributed by atoms with Gasteiger partial charge in [-0.1, -0.05) is 43.3 Å². The van der Waals surface area contributed by atoms with Gasteiger partial charge in [0.05, 0.1) is 6.04 Å². The quantitative estimate of drug-likeness (QED) is 0.865. The molecule has 0 heterocycles. The van der Waals surface area contributed by atoms with Crippen molar-refractivity contribution in [1.82, 2.24) is 5.32 Å². The summed E-state index contributed by atoms with van der Waals surface area (Å²) in [4.78, 5) is 12.2. The molecule has 1 atom stereocenters. The van der Waals surface area contributed by atoms with E-state index in [0.29, 0.717) is 0 Å². The number of fused-ring (bicyclic) bond motifs is 1. The summed E-state index contributed by atoms with van der Waals surface area (Å²) in [6.45, 7) is 2.13. The second kappa shape index (κ2) is 8.00. The van der Waals surface area contributed by atoms with Gasteiger partial charge in [0, 0.05) is 0 Å². The summed E-state index contributed by atoms with van der Waals surface area (Å²) in [5.74, 6) is 0.710. The normalized spacial score (nSPS) is 14.5. The molecule has 1 N–H and O–H groups in total. The third kappa shape index (κ3) is 4.16. The van der Waals surface area contributed by atoms with Crippen LogP contribution in [0.15, 0.2) is 48.5 Å². The molecule has 3 heteroatoms. The van der Waals surface area contributed by atoms with Gasteiger partial charge in [-0.2, -0.15) is 0 Å². The molecule has 0 bridgehead atoms. The van der Waals surface area contributed by atoms with E-state index in [1.54, 1.807) is 0 Å². The Morgan fingerprint density at radius 3 is 2.58 bits per heavy atom. The number of carbonyl (C=O) groups is 1. The molecule has 1 aliphatic carbocycles. The topological polar surface area (TPSA) is 38.3 Å². The maximum atomic E-state index is 12.2. The number of amides is 1. The van der Waals surface area contributed by atoms with Gasteiger partial charge in [0.25, 0.3) is 5.91 Å². The van der Waals surface area contributed by atoms with Crippen LogP contribution < -0.4 is 10.1 Å². The largest absolute Gasteiger partial charge is 0.484 e. The molecule has 0 fully saturated rings. The van der Waals surface area contributed by atoms with E-state index in [0.717, 1.165) is 30.6 Å². The summed E-state index contributed by atoms with van der Waals surface area (Å²) in [6, 6.07) is 16.3. The molecule has 0 saturated heterocycles. The minimum absolute atomic E-state index is 0.0332. The molecule has 3 nitrogen and oxygen atoms in total. The van der Waals surface area contributed by atoms with Crippen molar-refractivity contribution in [3.8, 4) is 5.75 Å². The molecule has 0 unspecified atom stereocenters. The van der Waals surface area contributed by atoms with Crippen LogP contribution in [0, 0.1) is 0 Å². The van der Waals surface area contributed by atoms with E-state index in [9.17, 15) is 4.79 Å². The Kier molecular flexibility index (Phi) is 5.52. The van der Waals surface area contributed by atoms with E-state index in [1.807, 2.05) is 36.4 Å². The first-order valence-electron chi connectivity index (χ1n) is 8.85. The first-order chi connectivity index (χ1) is 11.8. The average Bonchev–Trinajstić information content (AvgIpc) is 2.65. The van der Waals surface area contributed by atoms with Gasteiger partial charge in [-0.3, -0.25) is 4.79 Å². The number of ether oxygens (including phenoxy) is 1. The molecule has 1 amide bonds. The smallest absolute Gasteiger partial charge is 0.258 e. The second-order valence-corrected chi connectivity index (χ2v) is 6.37. The third-order valence-electron chi connectivity index (χ3n) is 4.64. The van der Waals surface area contributed by atoms with Crippen molar-refractivity contribution in [2.24, 2.45) is 0 Å². The summed E-state index contributed by atoms with van der Waals surface area (Å²) in [6.07, 6.45) is 5.64. The number of aryl methyl sites for hydroxylation is 2. The first kappa shape index (κ1) is 16.6. The van der Waals surface area contributed by atoms with Crippen molar-refractivity contribution < 1.29 is 9.53 Å². The van der Waals surface area contributed by atoms with E-state index in [2.05, 4.69) is 24.4 Å². The zero-order valence-corrected chi connectivity index (χ0v) is 14.3. The zero-order chi connectivity index (χ0) is 16.8. The van der Waals surface area contributed by atoms with Crippen LogP contribution in [-0.2, 0) is 17.6 Å². The lowest BCUT2D eigenvalue weighted by atomic mass is 9.92. The van der Waals surface area contributed by atoms with E-state index in [1.165, 1.54) is 24.0 Å². The third-order valence-corrected chi connectivity index (χ3v) is 4.64. The minimum Gasteiger partial charge on any atom is -0.484 e. The van der Waals surface area contributed by atoms with Crippen molar-refractivity contribution in [1.29, 1.82) is 0 Å². The van der Waals surface area contributed by atoms with Crippen LogP contribution in [0.2, 0.25) is 0 Å². The maximum absolute atomic E-state index is 12.2. The predicted octanol–water partition coefficient (Wildman–Crippen LogP) is 4.21. The van der Waals surface area contributed by atoms with E-state index in [-0.39, 0.29) is 18.6 Å². The predicted molar refractivity (Wildman–Crippen MR) is 96.2 cm³/mol. The highest BCUT2D eigenvalue weighted by Gasteiger charge is 2.14. The maximum Gasteiger partial charge on any atom is 0.258 e. The number of hydrogen-bond donors (Lipinski definition) is 1. The summed E-state index contributed by atoms with van der Waals surface area (Å²) >= 11 is 0. The van der Waals surface area contributed by atoms with Crippen LogP contribution in [0.25, 0.3) is 0 Å². The molecule has 2 aromatic rings. The standard InChI is InChI=1S/C21H25NO2/c1-2-20(17-9-4-3-5-10-17)22-21(23)15-24-19-13-12-16-8-6-7-11-18(16)14-19/h3-5,9-10,12-14,20H,2,6-8,11,15H2,1H3,(H,22,23)/t20-/m1/s1. The van der Waals surface area contributed by atoms with Gasteiger partial charge in [0.2, 0.25) is 0 Å². The lowest BCUT2D eigenvalue weighted by Gasteiger charge is -2.19. The van der Waals surface area contributed by atoms with Crippen molar-refractivity contribution in [3.05, 3.63) is 65.2 Å². The highest BCUT2D eigenvalue weighted by molar-refractivity contribution is 5.78. The van der Waals surface area contributed by atoms with Crippen molar-refractivity contribution in [3.63, 3.8) is 0 Å². The molecule has 0 saturated carbocycles. The first-order valence-corrected chi connectivity index (χ1v) is 8.85. The van der Waals surface area contributed by atoms with Gasteiger partial charge in [0.1, 0.15) is 5.75 Å². The van der Waals surface area contributed by atoms with Crippen LogP contribution in [0.3, 0.4) is 0 Å². The Morgan fingerprint density at radius 1 is 1.08 bits per heavy atom. The number of nitrogens with one attached hydrogen (secondary N) is 1. The minimum atomic E-state index is -0.0802. The highest BCUT2D eigenvalue weighted by Crippen LogP contribution is 2.25. The monoisotopic (exact) mass is 323 g/mol. The van der Waals surface area contributed by atoms with Crippen LogP contribution in [0.4, 0.5) is 0 Å². The van der Waals surface area contributed by atoms with Crippen LogP contribution in [0.5, 0.6) is 5.75 Å². The highest BCUT2D eigenvalue weighted by atomic mass is 16.5. The molecule has 0 aromatic heterocycles. The Bertz CT molecular complexity index is 681. The SMILES string of the molecule is CC[C@@H](NC(=O)COc1ccc2c(c1)CCCC2)c1ccccc1. The Hall–Kier alpha value is -2.29. The summed E-state index contributed by atoms with van der Waals surface area (Å²) in [5, 5.41) is 3.05. The van der Waals surface area contributed by atoms with Crippen molar-refractivity contribution >= 4 is 5.91 Å². The molecule has 126 valence electrons. The van der Waals surface area contributed by atoms with Gasteiger partial charge in [-0.05, 0) is 60.9 Å². The zero-order valence-electron chi connectivity index (χ0n) is 14.3. The fourth-order valence-electron chi connectivity index (χ4n) is 3.29. The van der Waals surface area contributed by atoms with Gasteiger partial charge < -0.3 is 10.1 Å². The Balaban J connectivity index is 1.55. The van der Waals surface area contributed by atoms with Crippen LogP contribution >= 0.6 is 0 Å². The molecule has 0 aliphatic heterocycles. The molecule has 0 spiro atoms. The lowest BCUT2D eigenvalue weighted by molar-refractivity contribution is -0.123. The fourth-order valence-corrected chi connectivity index (χ4v) is 3.29. The van der Waals surface area contributed by atoms with Crippen molar-refractivity contribution in [2.75, 3.05) is 6.61 Å². The molecule has 3 rings (SSSR count).